The molecule has 0 bridgehead atoms. The summed E-state index contributed by atoms with van der Waals surface area (Å²) in [6.45, 7) is 4.48. The number of aliphatic hydroxyl groups is 1. The third-order valence-corrected chi connectivity index (χ3v) is 2.79. The molecule has 2 unspecified atom stereocenters. The number of nitrogens with one attached hydrogen (secondary N) is 1. The first-order chi connectivity index (χ1) is 8.88. The van der Waals surface area contributed by atoms with Crippen LogP contribution in [0.15, 0.2) is 24.3 Å². The van der Waals surface area contributed by atoms with Crippen molar-refractivity contribution in [2.75, 3.05) is 14.1 Å². The standard InChI is InChI=1S/C15H24N2O2/c1-11(9-12(2)18)16-15(19)14-7-5-13(6-8-14)10-17(3)4/h5-8,11-12,18H,9-10H2,1-4H3,(H,16,19). The van der Waals surface area contributed by atoms with Gasteiger partial charge in [-0.1, -0.05) is 12.1 Å². The molecule has 1 aromatic carbocycles. The van der Waals surface area contributed by atoms with Gasteiger partial charge in [0.25, 0.3) is 5.91 Å². The van der Waals surface area contributed by atoms with Crippen LogP contribution in [0.2, 0.25) is 0 Å². The van der Waals surface area contributed by atoms with E-state index in [1.807, 2.05) is 45.3 Å². The first kappa shape index (κ1) is 15.7. The van der Waals surface area contributed by atoms with Crippen LogP contribution in [0.3, 0.4) is 0 Å². The van der Waals surface area contributed by atoms with Gasteiger partial charge in [0, 0.05) is 18.2 Å². The van der Waals surface area contributed by atoms with Crippen LogP contribution in [0.4, 0.5) is 0 Å². The minimum Gasteiger partial charge on any atom is -0.393 e. The van der Waals surface area contributed by atoms with E-state index in [0.29, 0.717) is 12.0 Å². The molecule has 0 aliphatic heterocycles. The third kappa shape index (κ3) is 5.85. The summed E-state index contributed by atoms with van der Waals surface area (Å²) in [5, 5.41) is 12.1. The number of benzene rings is 1. The van der Waals surface area contributed by atoms with Gasteiger partial charge in [-0.05, 0) is 52.1 Å². The third-order valence-electron chi connectivity index (χ3n) is 2.79. The molecule has 1 amide bonds. The Morgan fingerprint density at radius 2 is 1.84 bits per heavy atom. The number of amides is 1. The van der Waals surface area contributed by atoms with Crippen LogP contribution >= 0.6 is 0 Å². The summed E-state index contributed by atoms with van der Waals surface area (Å²) in [7, 11) is 4.02. The number of nitrogens with zero attached hydrogens (tertiary/aromatic N) is 1. The van der Waals surface area contributed by atoms with Gasteiger partial charge in [-0.15, -0.1) is 0 Å². The average molecular weight is 264 g/mol. The number of carbonyl (C=O) groups is 1. The van der Waals surface area contributed by atoms with Gasteiger partial charge < -0.3 is 15.3 Å². The van der Waals surface area contributed by atoms with E-state index < -0.39 is 6.10 Å². The average Bonchev–Trinajstić information content (AvgIpc) is 2.27. The maximum atomic E-state index is 12.0. The van der Waals surface area contributed by atoms with Crippen molar-refractivity contribution in [1.29, 1.82) is 0 Å². The van der Waals surface area contributed by atoms with Gasteiger partial charge in [-0.25, -0.2) is 0 Å². The highest BCUT2D eigenvalue weighted by atomic mass is 16.3. The number of aliphatic hydroxyl groups excluding tert-OH is 1. The highest BCUT2D eigenvalue weighted by molar-refractivity contribution is 5.94. The number of hydrogen-bond acceptors (Lipinski definition) is 3. The molecule has 0 aliphatic rings. The van der Waals surface area contributed by atoms with E-state index in [1.165, 1.54) is 5.56 Å². The Bertz CT molecular complexity index is 399. The molecule has 0 saturated heterocycles. The van der Waals surface area contributed by atoms with Gasteiger partial charge in [-0.3, -0.25) is 4.79 Å². The normalized spacial score (nSPS) is 14.2. The molecule has 2 N–H and O–H groups in total. The van der Waals surface area contributed by atoms with Crippen molar-refractivity contribution in [3.8, 4) is 0 Å². The first-order valence-electron chi connectivity index (χ1n) is 6.61. The van der Waals surface area contributed by atoms with Crippen molar-refractivity contribution in [1.82, 2.24) is 10.2 Å². The maximum absolute atomic E-state index is 12.0. The van der Waals surface area contributed by atoms with E-state index in [4.69, 9.17) is 0 Å². The van der Waals surface area contributed by atoms with Gasteiger partial charge in [-0.2, -0.15) is 0 Å². The fourth-order valence-electron chi connectivity index (χ4n) is 2.00. The summed E-state index contributed by atoms with van der Waals surface area (Å²) in [4.78, 5) is 14.1. The minimum atomic E-state index is -0.405. The lowest BCUT2D eigenvalue weighted by Gasteiger charge is -2.15. The Labute approximate surface area is 115 Å². The molecule has 0 aromatic heterocycles. The lowest BCUT2D eigenvalue weighted by atomic mass is 10.1. The summed E-state index contributed by atoms with van der Waals surface area (Å²) in [5.74, 6) is -0.0930. The molecule has 0 radical (unpaired) electrons. The van der Waals surface area contributed by atoms with Gasteiger partial charge in [0.2, 0.25) is 0 Å². The van der Waals surface area contributed by atoms with Gasteiger partial charge >= 0.3 is 0 Å². The van der Waals surface area contributed by atoms with Crippen molar-refractivity contribution in [2.45, 2.75) is 39.0 Å². The highest BCUT2D eigenvalue weighted by Crippen LogP contribution is 2.07. The molecular weight excluding hydrogens is 240 g/mol. The monoisotopic (exact) mass is 264 g/mol. The molecule has 0 spiro atoms. The van der Waals surface area contributed by atoms with Crippen molar-refractivity contribution >= 4 is 5.91 Å². The quantitative estimate of drug-likeness (QED) is 0.821. The maximum Gasteiger partial charge on any atom is 0.251 e. The molecule has 2 atom stereocenters. The Hall–Kier alpha value is -1.39. The van der Waals surface area contributed by atoms with Crippen molar-refractivity contribution in [3.05, 3.63) is 35.4 Å². The molecule has 106 valence electrons. The molecule has 19 heavy (non-hydrogen) atoms. The van der Waals surface area contributed by atoms with Crippen LogP contribution in [-0.4, -0.2) is 42.2 Å². The SMILES string of the molecule is CC(O)CC(C)NC(=O)c1ccc(CN(C)C)cc1. The Balaban J connectivity index is 2.57. The van der Waals surface area contributed by atoms with Crippen LogP contribution in [0.1, 0.15) is 36.2 Å². The summed E-state index contributed by atoms with van der Waals surface area (Å²) < 4.78 is 0. The fourth-order valence-corrected chi connectivity index (χ4v) is 2.00. The van der Waals surface area contributed by atoms with Gasteiger partial charge in [0.15, 0.2) is 0 Å². The van der Waals surface area contributed by atoms with E-state index in [9.17, 15) is 9.90 Å². The summed E-state index contributed by atoms with van der Waals surface area (Å²) >= 11 is 0. The van der Waals surface area contributed by atoms with Crippen LogP contribution in [0.25, 0.3) is 0 Å². The second-order valence-electron chi connectivity index (χ2n) is 5.39. The van der Waals surface area contributed by atoms with E-state index >= 15 is 0 Å². The number of rotatable bonds is 6. The van der Waals surface area contributed by atoms with Gasteiger partial charge in [0.1, 0.15) is 0 Å². The molecule has 0 saturated carbocycles. The van der Waals surface area contributed by atoms with Crippen molar-refractivity contribution < 1.29 is 9.90 Å². The zero-order valence-electron chi connectivity index (χ0n) is 12.2. The smallest absolute Gasteiger partial charge is 0.251 e. The molecule has 1 aromatic rings. The Morgan fingerprint density at radius 1 is 1.26 bits per heavy atom. The predicted octanol–water partition coefficient (Wildman–Crippen LogP) is 1.64. The van der Waals surface area contributed by atoms with Crippen molar-refractivity contribution in [2.24, 2.45) is 0 Å². The topological polar surface area (TPSA) is 52.6 Å². The van der Waals surface area contributed by atoms with Crippen LogP contribution in [0.5, 0.6) is 0 Å². The number of hydrogen-bond donors (Lipinski definition) is 2. The Morgan fingerprint density at radius 3 is 2.32 bits per heavy atom. The lowest BCUT2D eigenvalue weighted by Crippen LogP contribution is -2.34. The molecule has 1 rings (SSSR count). The number of carbonyl (C=O) groups excluding carboxylic acids is 1. The largest absolute Gasteiger partial charge is 0.393 e. The van der Waals surface area contributed by atoms with E-state index in [2.05, 4.69) is 10.2 Å². The second kappa shape index (κ2) is 7.26. The molecule has 4 heteroatoms. The van der Waals surface area contributed by atoms with E-state index in [0.717, 1.165) is 6.54 Å². The van der Waals surface area contributed by atoms with E-state index in [-0.39, 0.29) is 11.9 Å². The van der Waals surface area contributed by atoms with E-state index in [1.54, 1.807) is 6.92 Å². The highest BCUT2D eigenvalue weighted by Gasteiger charge is 2.11. The van der Waals surface area contributed by atoms with Crippen LogP contribution < -0.4 is 5.32 Å². The minimum absolute atomic E-state index is 0.0334. The van der Waals surface area contributed by atoms with Crippen molar-refractivity contribution in [3.63, 3.8) is 0 Å². The van der Waals surface area contributed by atoms with Gasteiger partial charge in [0.05, 0.1) is 6.10 Å². The van der Waals surface area contributed by atoms with Crippen LogP contribution in [0, 0.1) is 0 Å². The Kier molecular flexibility index (Phi) is 5.99. The zero-order chi connectivity index (χ0) is 14.4. The summed E-state index contributed by atoms with van der Waals surface area (Å²) in [6, 6.07) is 7.57. The predicted molar refractivity (Wildman–Crippen MR) is 77.1 cm³/mol. The first-order valence-corrected chi connectivity index (χ1v) is 6.61. The summed E-state index contributed by atoms with van der Waals surface area (Å²) in [5.41, 5.74) is 1.83. The molecule has 4 nitrogen and oxygen atoms in total. The second-order valence-corrected chi connectivity index (χ2v) is 5.39. The fraction of sp³-hybridized carbons (Fsp3) is 0.533. The lowest BCUT2D eigenvalue weighted by molar-refractivity contribution is 0.0923. The molecule has 0 heterocycles. The summed E-state index contributed by atoms with van der Waals surface area (Å²) in [6.07, 6.45) is 0.155. The molecular formula is C15H24N2O2. The van der Waals surface area contributed by atoms with Crippen LogP contribution in [-0.2, 0) is 6.54 Å². The molecule has 0 fully saturated rings. The molecule has 0 aliphatic carbocycles. The zero-order valence-corrected chi connectivity index (χ0v) is 12.2.